The fraction of sp³-hybridized carbons (Fsp3) is 0.190. The minimum atomic E-state index is -0.612. The number of ether oxygens (including phenoxy) is 1. The smallest absolute Gasteiger partial charge is 0.339 e. The summed E-state index contributed by atoms with van der Waals surface area (Å²) in [6, 6.07) is 14.2. The minimum absolute atomic E-state index is 0.282. The zero-order valence-electron chi connectivity index (χ0n) is 15.2. The number of halogens is 1. The molecule has 0 aliphatic rings. The van der Waals surface area contributed by atoms with Crippen molar-refractivity contribution in [3.05, 3.63) is 70.5 Å². The van der Waals surface area contributed by atoms with E-state index in [1.165, 1.54) is 0 Å². The van der Waals surface area contributed by atoms with Crippen LogP contribution in [0, 0.1) is 0 Å². The van der Waals surface area contributed by atoms with E-state index in [-0.39, 0.29) is 11.6 Å². The van der Waals surface area contributed by atoms with Crippen LogP contribution in [0.4, 0.5) is 5.69 Å². The molecule has 1 aromatic heterocycles. The number of nitrogens with zero attached hydrogens (tertiary/aromatic N) is 1. The third-order valence-corrected chi connectivity index (χ3v) is 4.20. The van der Waals surface area contributed by atoms with Crippen molar-refractivity contribution in [1.29, 1.82) is 0 Å². The molecule has 27 heavy (non-hydrogen) atoms. The van der Waals surface area contributed by atoms with Crippen molar-refractivity contribution in [3.63, 3.8) is 0 Å². The summed E-state index contributed by atoms with van der Waals surface area (Å²) in [7, 11) is 0. The van der Waals surface area contributed by atoms with E-state index < -0.39 is 11.6 Å². The van der Waals surface area contributed by atoms with Gasteiger partial charge in [-0.25, -0.2) is 9.78 Å². The van der Waals surface area contributed by atoms with E-state index in [1.54, 1.807) is 36.5 Å². The first-order valence-corrected chi connectivity index (χ1v) is 9.22. The van der Waals surface area contributed by atoms with Crippen LogP contribution < -0.4 is 5.32 Å². The van der Waals surface area contributed by atoms with Crippen molar-refractivity contribution in [2.45, 2.75) is 26.4 Å². The van der Waals surface area contributed by atoms with Gasteiger partial charge < -0.3 is 10.1 Å². The number of hydrogen-bond donors (Lipinski definition) is 1. The highest BCUT2D eigenvalue weighted by molar-refractivity contribution is 9.10. The zero-order chi connectivity index (χ0) is 19.6. The first kappa shape index (κ1) is 19.0. The highest BCUT2D eigenvalue weighted by Gasteiger charge is 2.21. The number of carbonyl (C=O) groups is 2. The lowest BCUT2D eigenvalue weighted by Gasteiger charge is -2.20. The standard InChI is InChI=1S/C21H19BrN2O3/c1-21(2,3)27-20(26)15-8-4-6-13-7-5-9-16(18(13)15)24-19(25)17-11-10-14(22)12-23-17/h4-12H,1-3H3,(H,24,25). The van der Waals surface area contributed by atoms with Gasteiger partial charge in [-0.05, 0) is 66.4 Å². The normalized spacial score (nSPS) is 11.3. The summed E-state index contributed by atoms with van der Waals surface area (Å²) in [6.45, 7) is 5.45. The second-order valence-electron chi connectivity index (χ2n) is 7.03. The Balaban J connectivity index is 2.02. The monoisotopic (exact) mass is 426 g/mol. The number of carbonyl (C=O) groups excluding carboxylic acids is 2. The van der Waals surface area contributed by atoms with Crippen LogP contribution in [-0.2, 0) is 4.74 Å². The van der Waals surface area contributed by atoms with Gasteiger partial charge in [-0.2, -0.15) is 0 Å². The molecule has 2 aromatic carbocycles. The lowest BCUT2D eigenvalue weighted by Crippen LogP contribution is -2.24. The second-order valence-corrected chi connectivity index (χ2v) is 7.94. The van der Waals surface area contributed by atoms with Crippen molar-refractivity contribution in [2.24, 2.45) is 0 Å². The first-order chi connectivity index (χ1) is 12.7. The largest absolute Gasteiger partial charge is 0.456 e. The van der Waals surface area contributed by atoms with Gasteiger partial charge in [0.05, 0.1) is 5.56 Å². The Morgan fingerprint density at radius 2 is 1.74 bits per heavy atom. The van der Waals surface area contributed by atoms with E-state index in [0.29, 0.717) is 16.6 Å². The fourth-order valence-electron chi connectivity index (χ4n) is 2.64. The summed E-state index contributed by atoms with van der Waals surface area (Å²) in [5.41, 5.74) is 0.606. The molecule has 0 saturated heterocycles. The molecular formula is C21H19BrN2O3. The van der Waals surface area contributed by atoms with Crippen LogP contribution in [0.2, 0.25) is 0 Å². The number of aromatic nitrogens is 1. The molecule has 0 spiro atoms. The number of nitrogens with one attached hydrogen (secondary N) is 1. The lowest BCUT2D eigenvalue weighted by atomic mass is 10.0. The summed E-state index contributed by atoms with van der Waals surface area (Å²) in [5, 5.41) is 4.33. The maximum absolute atomic E-state index is 12.7. The predicted molar refractivity (Wildman–Crippen MR) is 109 cm³/mol. The van der Waals surface area contributed by atoms with Gasteiger partial charge in [-0.3, -0.25) is 4.79 Å². The minimum Gasteiger partial charge on any atom is -0.456 e. The van der Waals surface area contributed by atoms with Gasteiger partial charge in [-0.1, -0.05) is 24.3 Å². The SMILES string of the molecule is CC(C)(C)OC(=O)c1cccc2cccc(NC(=O)c3ccc(Br)cn3)c12. The lowest BCUT2D eigenvalue weighted by molar-refractivity contribution is 0.00717. The average Bonchev–Trinajstić information content (AvgIpc) is 2.60. The van der Waals surface area contributed by atoms with Crippen molar-refractivity contribution >= 4 is 44.3 Å². The van der Waals surface area contributed by atoms with Gasteiger partial charge in [0.1, 0.15) is 11.3 Å². The molecule has 1 amide bonds. The van der Waals surface area contributed by atoms with E-state index in [1.807, 2.05) is 39.0 Å². The van der Waals surface area contributed by atoms with Crippen LogP contribution >= 0.6 is 15.9 Å². The molecule has 0 bridgehead atoms. The van der Waals surface area contributed by atoms with Gasteiger partial charge in [0.15, 0.2) is 0 Å². The molecule has 0 unspecified atom stereocenters. The molecule has 0 fully saturated rings. The summed E-state index contributed by atoms with van der Waals surface area (Å²) in [4.78, 5) is 29.4. The molecule has 5 nitrogen and oxygen atoms in total. The maximum atomic E-state index is 12.7. The number of fused-ring (bicyclic) bond motifs is 1. The summed E-state index contributed by atoms with van der Waals surface area (Å²) < 4.78 is 6.31. The highest BCUT2D eigenvalue weighted by atomic mass is 79.9. The Morgan fingerprint density at radius 1 is 1.04 bits per heavy atom. The molecule has 0 atom stereocenters. The molecule has 0 aliphatic carbocycles. The number of anilines is 1. The Labute approximate surface area is 165 Å². The first-order valence-electron chi connectivity index (χ1n) is 8.42. The van der Waals surface area contributed by atoms with Gasteiger partial charge in [0, 0.05) is 21.7 Å². The van der Waals surface area contributed by atoms with E-state index in [4.69, 9.17) is 4.74 Å². The molecular weight excluding hydrogens is 408 g/mol. The Bertz CT molecular complexity index is 1000. The van der Waals surface area contributed by atoms with Crippen LogP contribution in [-0.4, -0.2) is 22.5 Å². The van der Waals surface area contributed by atoms with E-state index in [0.717, 1.165) is 9.86 Å². The van der Waals surface area contributed by atoms with Crippen LogP contribution in [0.3, 0.4) is 0 Å². The Morgan fingerprint density at radius 3 is 2.37 bits per heavy atom. The van der Waals surface area contributed by atoms with Crippen molar-refractivity contribution < 1.29 is 14.3 Å². The highest BCUT2D eigenvalue weighted by Crippen LogP contribution is 2.29. The average molecular weight is 427 g/mol. The van der Waals surface area contributed by atoms with Gasteiger partial charge in [0.2, 0.25) is 0 Å². The van der Waals surface area contributed by atoms with Gasteiger partial charge in [-0.15, -0.1) is 0 Å². The van der Waals surface area contributed by atoms with Crippen LogP contribution in [0.1, 0.15) is 41.6 Å². The number of esters is 1. The van der Waals surface area contributed by atoms with Crippen LogP contribution in [0.25, 0.3) is 10.8 Å². The molecule has 1 N–H and O–H groups in total. The second kappa shape index (κ2) is 7.48. The fourth-order valence-corrected chi connectivity index (χ4v) is 2.88. The van der Waals surface area contributed by atoms with E-state index in [2.05, 4.69) is 26.2 Å². The number of amides is 1. The van der Waals surface area contributed by atoms with E-state index >= 15 is 0 Å². The molecule has 3 rings (SSSR count). The molecule has 0 radical (unpaired) electrons. The van der Waals surface area contributed by atoms with Gasteiger partial charge >= 0.3 is 5.97 Å². The summed E-state index contributed by atoms with van der Waals surface area (Å²) >= 11 is 3.30. The number of rotatable bonds is 3. The molecule has 0 aliphatic heterocycles. The van der Waals surface area contributed by atoms with Crippen LogP contribution in [0.15, 0.2) is 59.2 Å². The predicted octanol–water partition coefficient (Wildman–Crippen LogP) is 5.20. The number of hydrogen-bond acceptors (Lipinski definition) is 4. The number of benzene rings is 2. The molecule has 0 saturated carbocycles. The van der Waals surface area contributed by atoms with Gasteiger partial charge in [0.25, 0.3) is 5.91 Å². The molecule has 3 aromatic rings. The van der Waals surface area contributed by atoms with Crippen LogP contribution in [0.5, 0.6) is 0 Å². The maximum Gasteiger partial charge on any atom is 0.339 e. The Kier molecular flexibility index (Phi) is 5.28. The van der Waals surface area contributed by atoms with Crippen molar-refractivity contribution in [2.75, 3.05) is 5.32 Å². The van der Waals surface area contributed by atoms with Crippen molar-refractivity contribution in [3.8, 4) is 0 Å². The third-order valence-electron chi connectivity index (χ3n) is 3.73. The number of pyridine rings is 1. The third kappa shape index (κ3) is 4.52. The van der Waals surface area contributed by atoms with E-state index in [9.17, 15) is 9.59 Å². The van der Waals surface area contributed by atoms with Crippen molar-refractivity contribution in [1.82, 2.24) is 4.98 Å². The summed E-state index contributed by atoms with van der Waals surface area (Å²) in [5.74, 6) is -0.787. The molecule has 6 heteroatoms. The topological polar surface area (TPSA) is 68.3 Å². The molecule has 1 heterocycles. The molecule has 138 valence electrons. The Hall–Kier alpha value is -2.73. The zero-order valence-corrected chi connectivity index (χ0v) is 16.8. The summed E-state index contributed by atoms with van der Waals surface area (Å²) in [6.07, 6.45) is 1.56. The quantitative estimate of drug-likeness (QED) is 0.583.